The van der Waals surface area contributed by atoms with Crippen molar-refractivity contribution in [3.63, 3.8) is 0 Å². The van der Waals surface area contributed by atoms with Crippen molar-refractivity contribution < 1.29 is 4.39 Å². The number of imidazole rings is 1. The largest absolute Gasteiger partial charge is 0.362 e. The quantitative estimate of drug-likeness (QED) is 0.294. The second-order valence-electron chi connectivity index (χ2n) is 7.10. The molecule has 0 aliphatic rings. The van der Waals surface area contributed by atoms with E-state index in [9.17, 15) is 4.39 Å². The van der Waals surface area contributed by atoms with Crippen molar-refractivity contribution in [2.45, 2.75) is 19.4 Å². The molecule has 32 heavy (non-hydrogen) atoms. The van der Waals surface area contributed by atoms with Gasteiger partial charge in [0.1, 0.15) is 33.8 Å². The highest BCUT2D eigenvalue weighted by molar-refractivity contribution is 7.18. The molecule has 0 saturated carbocycles. The summed E-state index contributed by atoms with van der Waals surface area (Å²) in [4.78, 5) is 30.0. The van der Waals surface area contributed by atoms with Gasteiger partial charge < -0.3 is 15.6 Å². The van der Waals surface area contributed by atoms with Crippen molar-refractivity contribution in [2.24, 2.45) is 0 Å². The molecule has 0 fully saturated rings. The molecule has 0 atom stereocenters. The first-order chi connectivity index (χ1) is 15.8. The normalized spacial score (nSPS) is 11.4. The Kier molecular flexibility index (Phi) is 5.90. The molecule has 0 saturated heterocycles. The van der Waals surface area contributed by atoms with E-state index in [4.69, 9.17) is 0 Å². The fourth-order valence-electron chi connectivity index (χ4n) is 3.30. The molecule has 9 nitrogen and oxygen atoms in total. The molecule has 0 bridgehead atoms. The molecule has 5 rings (SSSR count). The molecule has 0 aromatic carbocycles. The van der Waals surface area contributed by atoms with Crippen LogP contribution >= 0.6 is 11.3 Å². The summed E-state index contributed by atoms with van der Waals surface area (Å²) in [7, 11) is 0. The van der Waals surface area contributed by atoms with Crippen molar-refractivity contribution in [3.8, 4) is 0 Å². The number of fused-ring (bicyclic) bond motifs is 2. The van der Waals surface area contributed by atoms with Crippen LogP contribution in [0.5, 0.6) is 0 Å². The van der Waals surface area contributed by atoms with E-state index in [1.54, 1.807) is 24.7 Å². The van der Waals surface area contributed by atoms with Crippen LogP contribution in [0.2, 0.25) is 0 Å². The number of rotatable bonds is 9. The lowest BCUT2D eigenvalue weighted by Gasteiger charge is -2.05. The fraction of sp³-hybridized carbons (Fsp3) is 0.238. The molecule has 0 spiro atoms. The summed E-state index contributed by atoms with van der Waals surface area (Å²) in [5.74, 6) is 1.17. The standard InChI is InChI=1S/C21H20FN9S/c22-13-2-1-6-25-15(13)11-26-20-19-21(28-12-27-20)32-18(31-19)5-9-23-8-4-17-29-14-3-7-24-10-16(14)30-17/h1-3,6-7,10,12,23H,4-5,8-9,11H2,(H,29,30)(H,26,27,28). The molecule has 0 radical (unpaired) electrons. The average Bonchev–Trinajstić information content (AvgIpc) is 3.42. The van der Waals surface area contributed by atoms with Crippen LogP contribution < -0.4 is 10.6 Å². The maximum atomic E-state index is 13.8. The number of anilines is 1. The Balaban J connectivity index is 1.15. The first kappa shape index (κ1) is 20.3. The van der Waals surface area contributed by atoms with E-state index in [0.29, 0.717) is 17.0 Å². The molecule has 5 heterocycles. The summed E-state index contributed by atoms with van der Waals surface area (Å²) in [6.07, 6.45) is 8.15. The Hall–Kier alpha value is -3.57. The van der Waals surface area contributed by atoms with Crippen molar-refractivity contribution in [1.29, 1.82) is 0 Å². The Labute approximate surface area is 186 Å². The van der Waals surface area contributed by atoms with Crippen LogP contribution in [0.25, 0.3) is 21.4 Å². The molecule has 3 N–H and O–H groups in total. The number of halogens is 1. The van der Waals surface area contributed by atoms with Gasteiger partial charge in [-0.25, -0.2) is 24.3 Å². The lowest BCUT2D eigenvalue weighted by Crippen LogP contribution is -2.20. The molecular weight excluding hydrogens is 429 g/mol. The van der Waals surface area contributed by atoms with E-state index < -0.39 is 0 Å². The van der Waals surface area contributed by atoms with Crippen LogP contribution in [0.1, 0.15) is 16.5 Å². The monoisotopic (exact) mass is 449 g/mol. The van der Waals surface area contributed by atoms with Gasteiger partial charge in [-0.3, -0.25) is 9.97 Å². The predicted molar refractivity (Wildman–Crippen MR) is 121 cm³/mol. The summed E-state index contributed by atoms with van der Waals surface area (Å²) in [5, 5.41) is 7.52. The highest BCUT2D eigenvalue weighted by Gasteiger charge is 2.12. The minimum absolute atomic E-state index is 0.227. The number of hydrogen-bond acceptors (Lipinski definition) is 9. The van der Waals surface area contributed by atoms with Gasteiger partial charge in [0.05, 0.1) is 29.0 Å². The van der Waals surface area contributed by atoms with Crippen molar-refractivity contribution in [1.82, 2.24) is 40.2 Å². The van der Waals surface area contributed by atoms with Gasteiger partial charge in [0.2, 0.25) is 0 Å². The summed E-state index contributed by atoms with van der Waals surface area (Å²) < 4.78 is 13.8. The second-order valence-corrected chi connectivity index (χ2v) is 8.16. The van der Waals surface area contributed by atoms with Crippen molar-refractivity contribution in [2.75, 3.05) is 18.4 Å². The first-order valence-electron chi connectivity index (χ1n) is 10.2. The van der Waals surface area contributed by atoms with Crippen LogP contribution in [0.15, 0.2) is 43.1 Å². The number of nitrogens with one attached hydrogen (secondary N) is 3. The molecule has 0 unspecified atom stereocenters. The maximum Gasteiger partial charge on any atom is 0.157 e. The van der Waals surface area contributed by atoms with Gasteiger partial charge in [-0.05, 0) is 18.2 Å². The van der Waals surface area contributed by atoms with Crippen molar-refractivity contribution in [3.05, 3.63) is 65.5 Å². The predicted octanol–water partition coefficient (Wildman–Crippen LogP) is 2.88. The first-order valence-corrected chi connectivity index (χ1v) is 11.0. The van der Waals surface area contributed by atoms with Gasteiger partial charge in [-0.15, -0.1) is 0 Å². The van der Waals surface area contributed by atoms with E-state index >= 15 is 0 Å². The van der Waals surface area contributed by atoms with Gasteiger partial charge in [-0.2, -0.15) is 0 Å². The minimum Gasteiger partial charge on any atom is -0.362 e. The summed E-state index contributed by atoms with van der Waals surface area (Å²) >= 11 is 1.54. The van der Waals surface area contributed by atoms with Crippen LogP contribution in [0.3, 0.4) is 0 Å². The summed E-state index contributed by atoms with van der Waals surface area (Å²) in [5.41, 5.74) is 2.91. The fourth-order valence-corrected chi connectivity index (χ4v) is 4.21. The molecular formula is C21H20FN9S. The lowest BCUT2D eigenvalue weighted by atomic mass is 10.3. The lowest BCUT2D eigenvalue weighted by molar-refractivity contribution is 0.602. The molecule has 0 amide bonds. The second kappa shape index (κ2) is 9.28. The number of thiazole rings is 1. The highest BCUT2D eigenvalue weighted by atomic mass is 32.1. The Morgan fingerprint density at radius 3 is 2.88 bits per heavy atom. The van der Waals surface area contributed by atoms with E-state index in [-0.39, 0.29) is 12.4 Å². The number of hydrogen-bond donors (Lipinski definition) is 3. The highest BCUT2D eigenvalue weighted by Crippen LogP contribution is 2.25. The van der Waals surface area contributed by atoms with Crippen LogP contribution in [0.4, 0.5) is 10.2 Å². The van der Waals surface area contributed by atoms with Gasteiger partial charge in [0, 0.05) is 38.3 Å². The number of aromatic nitrogens is 7. The molecule has 11 heteroatoms. The van der Waals surface area contributed by atoms with E-state index in [2.05, 4.69) is 45.5 Å². The zero-order valence-corrected chi connectivity index (χ0v) is 17.9. The van der Waals surface area contributed by atoms with Gasteiger partial charge in [0.15, 0.2) is 5.82 Å². The average molecular weight is 450 g/mol. The number of nitrogens with zero attached hydrogens (tertiary/aromatic N) is 6. The maximum absolute atomic E-state index is 13.8. The third-order valence-corrected chi connectivity index (χ3v) is 5.91. The van der Waals surface area contributed by atoms with Gasteiger partial charge in [-0.1, -0.05) is 11.3 Å². The van der Waals surface area contributed by atoms with Crippen LogP contribution in [-0.2, 0) is 19.4 Å². The zero-order chi connectivity index (χ0) is 21.8. The number of aromatic amines is 1. The van der Waals surface area contributed by atoms with Crippen LogP contribution in [-0.4, -0.2) is 48.0 Å². The summed E-state index contributed by atoms with van der Waals surface area (Å²) in [6, 6.07) is 4.88. The van der Waals surface area contributed by atoms with E-state index in [1.165, 1.54) is 23.7 Å². The summed E-state index contributed by atoms with van der Waals surface area (Å²) in [6.45, 7) is 1.82. The third-order valence-electron chi connectivity index (χ3n) is 4.89. The molecule has 5 aromatic heterocycles. The van der Waals surface area contributed by atoms with Gasteiger partial charge in [0.25, 0.3) is 0 Å². The molecule has 162 valence electrons. The molecule has 0 aliphatic carbocycles. The zero-order valence-electron chi connectivity index (χ0n) is 17.0. The van der Waals surface area contributed by atoms with Crippen molar-refractivity contribution >= 4 is 38.5 Å². The SMILES string of the molecule is Fc1cccnc1CNc1ncnc2sc(CCNCCc3nc4cnccc4[nH]3)nc12. The van der Waals surface area contributed by atoms with E-state index in [0.717, 1.165) is 52.6 Å². The number of H-pyrrole nitrogens is 1. The number of pyridine rings is 2. The van der Waals surface area contributed by atoms with Crippen LogP contribution in [0, 0.1) is 5.82 Å². The minimum atomic E-state index is -0.352. The Bertz CT molecular complexity index is 1320. The topological polar surface area (TPSA) is 117 Å². The Morgan fingerprint density at radius 2 is 1.97 bits per heavy atom. The Morgan fingerprint density at radius 1 is 1.03 bits per heavy atom. The van der Waals surface area contributed by atoms with E-state index in [1.807, 2.05) is 6.07 Å². The smallest absolute Gasteiger partial charge is 0.157 e. The molecule has 0 aliphatic heterocycles. The molecule has 5 aromatic rings. The van der Waals surface area contributed by atoms with Gasteiger partial charge >= 0.3 is 0 Å². The third kappa shape index (κ3) is 4.53.